The molecule has 0 spiro atoms. The van der Waals surface area contributed by atoms with E-state index in [-0.39, 0.29) is 18.6 Å². The van der Waals surface area contributed by atoms with Gasteiger partial charge in [-0.05, 0) is 19.1 Å². The first kappa shape index (κ1) is 13.1. The molecular weight excluding hydrogens is 258 g/mol. The van der Waals surface area contributed by atoms with E-state index in [2.05, 4.69) is 15.5 Å². The summed E-state index contributed by atoms with van der Waals surface area (Å²) in [4.78, 5) is 12.1. The number of ether oxygens (including phenoxy) is 1. The molecule has 0 radical (unpaired) electrons. The van der Waals surface area contributed by atoms with Crippen LogP contribution in [0.4, 0.5) is 0 Å². The third-order valence-electron chi connectivity index (χ3n) is 3.92. The second kappa shape index (κ2) is 4.88. The average Bonchev–Trinajstić information content (AvgIpc) is 3.03. The summed E-state index contributed by atoms with van der Waals surface area (Å²) in [5, 5.41) is 20.8. The fraction of sp³-hybridized carbons (Fsp3) is 0.429. The van der Waals surface area contributed by atoms with E-state index in [1.165, 1.54) is 0 Å². The molecule has 6 heteroatoms. The van der Waals surface area contributed by atoms with Crippen molar-refractivity contribution < 1.29 is 14.6 Å². The van der Waals surface area contributed by atoms with Crippen molar-refractivity contribution in [2.75, 3.05) is 13.2 Å². The van der Waals surface area contributed by atoms with Gasteiger partial charge >= 0.3 is 0 Å². The summed E-state index contributed by atoms with van der Waals surface area (Å²) in [7, 11) is 0. The number of rotatable bonds is 3. The number of aromatic amines is 1. The Bertz CT molecular complexity index is 639. The summed E-state index contributed by atoms with van der Waals surface area (Å²) in [5.74, 6) is -0.214. The van der Waals surface area contributed by atoms with Gasteiger partial charge < -0.3 is 15.2 Å². The molecule has 1 aromatic heterocycles. The van der Waals surface area contributed by atoms with Gasteiger partial charge in [-0.25, -0.2) is 0 Å². The summed E-state index contributed by atoms with van der Waals surface area (Å²) >= 11 is 0. The maximum atomic E-state index is 12.1. The molecule has 20 heavy (non-hydrogen) atoms. The van der Waals surface area contributed by atoms with Crippen LogP contribution in [-0.4, -0.2) is 46.1 Å². The second-order valence-corrected chi connectivity index (χ2v) is 5.22. The van der Waals surface area contributed by atoms with Crippen LogP contribution in [0.5, 0.6) is 0 Å². The van der Waals surface area contributed by atoms with Gasteiger partial charge in [0.25, 0.3) is 5.91 Å². The monoisotopic (exact) mass is 275 g/mol. The molecule has 1 aromatic carbocycles. The van der Waals surface area contributed by atoms with Gasteiger partial charge in [0, 0.05) is 30.5 Å². The van der Waals surface area contributed by atoms with Crippen LogP contribution in [0.2, 0.25) is 0 Å². The molecule has 2 aromatic rings. The number of carbonyl (C=O) groups is 1. The van der Waals surface area contributed by atoms with E-state index in [0.717, 1.165) is 10.9 Å². The molecule has 1 saturated heterocycles. The van der Waals surface area contributed by atoms with Crippen molar-refractivity contribution in [2.24, 2.45) is 0 Å². The van der Waals surface area contributed by atoms with Gasteiger partial charge in [-0.1, -0.05) is 6.07 Å². The quantitative estimate of drug-likeness (QED) is 0.774. The topological polar surface area (TPSA) is 87.2 Å². The van der Waals surface area contributed by atoms with Crippen LogP contribution in [0, 0.1) is 0 Å². The van der Waals surface area contributed by atoms with Crippen LogP contribution in [0.25, 0.3) is 10.9 Å². The maximum Gasteiger partial charge on any atom is 0.251 e. The van der Waals surface area contributed by atoms with E-state index >= 15 is 0 Å². The van der Waals surface area contributed by atoms with E-state index < -0.39 is 5.60 Å². The SMILES string of the molecule is CC1OCCC1(O)CNC(=O)c1ccc2cn[nH]c2c1. The molecule has 1 aliphatic rings. The van der Waals surface area contributed by atoms with E-state index in [0.29, 0.717) is 18.6 Å². The Labute approximate surface area is 116 Å². The van der Waals surface area contributed by atoms with Crippen LogP contribution in [0.3, 0.4) is 0 Å². The van der Waals surface area contributed by atoms with Crippen LogP contribution >= 0.6 is 0 Å². The lowest BCUT2D eigenvalue weighted by molar-refractivity contribution is -0.0251. The zero-order valence-corrected chi connectivity index (χ0v) is 11.2. The Hall–Kier alpha value is -1.92. The van der Waals surface area contributed by atoms with Crippen molar-refractivity contribution >= 4 is 16.8 Å². The van der Waals surface area contributed by atoms with Crippen molar-refractivity contribution in [3.8, 4) is 0 Å². The predicted octanol–water partition coefficient (Wildman–Crippen LogP) is 0.833. The molecule has 2 heterocycles. The number of carbonyl (C=O) groups excluding carboxylic acids is 1. The fourth-order valence-corrected chi connectivity index (χ4v) is 2.42. The summed E-state index contributed by atoms with van der Waals surface area (Å²) in [6, 6.07) is 5.33. The summed E-state index contributed by atoms with van der Waals surface area (Å²) in [5.41, 5.74) is 0.374. The highest BCUT2D eigenvalue weighted by molar-refractivity contribution is 5.97. The van der Waals surface area contributed by atoms with Crippen LogP contribution in [-0.2, 0) is 4.74 Å². The second-order valence-electron chi connectivity index (χ2n) is 5.22. The van der Waals surface area contributed by atoms with Crippen LogP contribution in [0.1, 0.15) is 23.7 Å². The number of hydrogen-bond donors (Lipinski definition) is 3. The molecule has 1 aliphatic heterocycles. The average molecular weight is 275 g/mol. The normalized spacial score (nSPS) is 26.0. The zero-order chi connectivity index (χ0) is 14.2. The maximum absolute atomic E-state index is 12.1. The smallest absolute Gasteiger partial charge is 0.251 e. The Morgan fingerprint density at radius 1 is 1.65 bits per heavy atom. The van der Waals surface area contributed by atoms with Crippen LogP contribution in [0.15, 0.2) is 24.4 Å². The number of fused-ring (bicyclic) bond motifs is 1. The van der Waals surface area contributed by atoms with Gasteiger partial charge in [0.15, 0.2) is 0 Å². The minimum absolute atomic E-state index is 0.189. The number of amides is 1. The molecular formula is C14H17N3O3. The molecule has 0 aliphatic carbocycles. The first-order valence-electron chi connectivity index (χ1n) is 6.64. The number of nitrogens with zero attached hydrogens (tertiary/aromatic N) is 1. The minimum atomic E-state index is -0.978. The molecule has 3 rings (SSSR count). The molecule has 2 atom stereocenters. The summed E-state index contributed by atoms with van der Waals surface area (Å²) < 4.78 is 5.34. The lowest BCUT2D eigenvalue weighted by atomic mass is 9.96. The highest BCUT2D eigenvalue weighted by atomic mass is 16.5. The fourth-order valence-electron chi connectivity index (χ4n) is 2.42. The molecule has 0 saturated carbocycles. The van der Waals surface area contributed by atoms with E-state index in [4.69, 9.17) is 4.74 Å². The number of benzene rings is 1. The highest BCUT2D eigenvalue weighted by Crippen LogP contribution is 2.24. The largest absolute Gasteiger partial charge is 0.385 e. The molecule has 6 nitrogen and oxygen atoms in total. The Balaban J connectivity index is 1.69. The summed E-state index contributed by atoms with van der Waals surface area (Å²) in [6.45, 7) is 2.53. The standard InChI is InChI=1S/C14H17N3O3/c1-9-14(19,4-5-20-9)8-15-13(18)10-2-3-11-7-16-17-12(11)6-10/h2-3,6-7,9,19H,4-5,8H2,1H3,(H,15,18)(H,16,17). The first-order valence-corrected chi connectivity index (χ1v) is 6.64. The first-order chi connectivity index (χ1) is 9.58. The number of hydrogen-bond acceptors (Lipinski definition) is 4. The lowest BCUT2D eigenvalue weighted by Crippen LogP contribution is -2.47. The highest BCUT2D eigenvalue weighted by Gasteiger charge is 2.39. The number of H-pyrrole nitrogens is 1. The van der Waals surface area contributed by atoms with Gasteiger partial charge in [0.1, 0.15) is 5.60 Å². The van der Waals surface area contributed by atoms with Gasteiger partial charge in [0.05, 0.1) is 17.8 Å². The molecule has 1 amide bonds. The van der Waals surface area contributed by atoms with E-state index in [9.17, 15) is 9.90 Å². The molecule has 106 valence electrons. The van der Waals surface area contributed by atoms with Gasteiger partial charge in [0.2, 0.25) is 0 Å². The number of nitrogens with one attached hydrogen (secondary N) is 2. The van der Waals surface area contributed by atoms with Crippen molar-refractivity contribution in [3.63, 3.8) is 0 Å². The van der Waals surface area contributed by atoms with E-state index in [1.807, 2.05) is 13.0 Å². The van der Waals surface area contributed by atoms with Crippen LogP contribution < -0.4 is 5.32 Å². The summed E-state index contributed by atoms with van der Waals surface area (Å²) in [6.07, 6.45) is 1.98. The van der Waals surface area contributed by atoms with Gasteiger partial charge in [-0.3, -0.25) is 9.89 Å². The Morgan fingerprint density at radius 2 is 2.50 bits per heavy atom. The lowest BCUT2D eigenvalue weighted by Gasteiger charge is -2.26. The van der Waals surface area contributed by atoms with E-state index in [1.54, 1.807) is 18.3 Å². The zero-order valence-electron chi connectivity index (χ0n) is 11.2. The predicted molar refractivity (Wildman–Crippen MR) is 73.4 cm³/mol. The Kier molecular flexibility index (Phi) is 3.19. The minimum Gasteiger partial charge on any atom is -0.385 e. The number of aromatic nitrogens is 2. The van der Waals surface area contributed by atoms with Crippen molar-refractivity contribution in [3.05, 3.63) is 30.0 Å². The van der Waals surface area contributed by atoms with Crippen molar-refractivity contribution in [1.29, 1.82) is 0 Å². The third kappa shape index (κ3) is 2.28. The van der Waals surface area contributed by atoms with Crippen molar-refractivity contribution in [1.82, 2.24) is 15.5 Å². The van der Waals surface area contributed by atoms with Crippen molar-refractivity contribution in [2.45, 2.75) is 25.0 Å². The third-order valence-corrected chi connectivity index (χ3v) is 3.92. The molecule has 3 N–H and O–H groups in total. The molecule has 0 bridgehead atoms. The number of aliphatic hydroxyl groups is 1. The molecule has 1 fully saturated rings. The van der Waals surface area contributed by atoms with Gasteiger partial charge in [-0.15, -0.1) is 0 Å². The molecule has 2 unspecified atom stereocenters. The Morgan fingerprint density at radius 3 is 3.25 bits per heavy atom. The van der Waals surface area contributed by atoms with Gasteiger partial charge in [-0.2, -0.15) is 5.10 Å².